The highest BCUT2D eigenvalue weighted by molar-refractivity contribution is 6.99. The molecule has 0 fully saturated rings. The van der Waals surface area contributed by atoms with E-state index in [0.29, 0.717) is 23.0 Å². The van der Waals surface area contributed by atoms with Crippen LogP contribution in [0.5, 0.6) is 11.5 Å². The highest BCUT2D eigenvalue weighted by Crippen LogP contribution is 2.28. The summed E-state index contributed by atoms with van der Waals surface area (Å²) in [4.78, 5) is 11.8. The first kappa shape index (κ1) is 13.1. The first-order chi connectivity index (χ1) is 9.22. The summed E-state index contributed by atoms with van der Waals surface area (Å²) in [6, 6.07) is 4.68. The predicted molar refractivity (Wildman–Crippen MR) is 72.1 cm³/mol. The molecule has 1 aromatic heterocycles. The molecule has 0 aliphatic heterocycles. The molecule has 2 aromatic rings. The van der Waals surface area contributed by atoms with E-state index in [0.717, 1.165) is 11.7 Å². The van der Waals surface area contributed by atoms with Gasteiger partial charge in [0.15, 0.2) is 5.82 Å². The number of ether oxygens (including phenoxy) is 2. The molecule has 0 radical (unpaired) electrons. The molecular weight excluding hydrogens is 268 g/mol. The van der Waals surface area contributed by atoms with Gasteiger partial charge in [0.05, 0.1) is 37.8 Å². The molecule has 0 bridgehead atoms. The van der Waals surface area contributed by atoms with Crippen molar-refractivity contribution < 1.29 is 14.3 Å². The molecule has 2 N–H and O–H groups in total. The number of rotatable bonds is 4. The zero-order valence-electron chi connectivity index (χ0n) is 10.3. The van der Waals surface area contributed by atoms with Crippen molar-refractivity contribution in [3.05, 3.63) is 24.4 Å². The minimum Gasteiger partial charge on any atom is -0.497 e. The molecule has 7 nitrogen and oxygen atoms in total. The standard InChI is InChI=1S/C11H12N4O3S/c1-17-7-3-4-9(18-2)8(5-7)13-11(16)14-10-6-12-19-15-10/h3-6H,1-2H3,(H2,13,14,15,16). The second-order valence-electron chi connectivity index (χ2n) is 3.44. The minimum atomic E-state index is -0.431. The Morgan fingerprint density at radius 2 is 2.11 bits per heavy atom. The second kappa shape index (κ2) is 6.01. The molecule has 2 amide bonds. The number of hydrogen-bond acceptors (Lipinski definition) is 6. The Labute approximate surface area is 113 Å². The van der Waals surface area contributed by atoms with Gasteiger partial charge in [-0.25, -0.2) is 4.79 Å². The molecule has 0 aliphatic carbocycles. The Kier molecular flexibility index (Phi) is 4.14. The van der Waals surface area contributed by atoms with Crippen molar-refractivity contribution in [3.8, 4) is 11.5 Å². The zero-order valence-corrected chi connectivity index (χ0v) is 11.2. The molecule has 8 heteroatoms. The van der Waals surface area contributed by atoms with E-state index >= 15 is 0 Å². The number of nitrogens with one attached hydrogen (secondary N) is 2. The second-order valence-corrected chi connectivity index (χ2v) is 3.99. The van der Waals surface area contributed by atoms with Gasteiger partial charge in [0.1, 0.15) is 11.5 Å². The van der Waals surface area contributed by atoms with Crippen LogP contribution in [-0.4, -0.2) is 29.0 Å². The highest BCUT2D eigenvalue weighted by atomic mass is 32.1. The van der Waals surface area contributed by atoms with Crippen LogP contribution in [0.3, 0.4) is 0 Å². The first-order valence-electron chi connectivity index (χ1n) is 5.30. The van der Waals surface area contributed by atoms with E-state index in [1.165, 1.54) is 13.3 Å². The largest absolute Gasteiger partial charge is 0.497 e. The lowest BCUT2D eigenvalue weighted by atomic mass is 10.2. The van der Waals surface area contributed by atoms with Crippen LogP contribution in [0.15, 0.2) is 24.4 Å². The van der Waals surface area contributed by atoms with Gasteiger partial charge in [-0.05, 0) is 12.1 Å². The van der Waals surface area contributed by atoms with Crippen molar-refractivity contribution in [2.45, 2.75) is 0 Å². The smallest absolute Gasteiger partial charge is 0.325 e. The maximum absolute atomic E-state index is 11.8. The fourth-order valence-electron chi connectivity index (χ4n) is 1.40. The molecule has 1 aromatic carbocycles. The topological polar surface area (TPSA) is 85.4 Å². The number of amides is 2. The van der Waals surface area contributed by atoms with Gasteiger partial charge in [0.25, 0.3) is 0 Å². The van der Waals surface area contributed by atoms with Gasteiger partial charge in [-0.3, -0.25) is 5.32 Å². The molecule has 19 heavy (non-hydrogen) atoms. The molecule has 2 rings (SSSR count). The van der Waals surface area contributed by atoms with E-state index in [-0.39, 0.29) is 0 Å². The SMILES string of the molecule is COc1ccc(OC)c(NC(=O)Nc2cnsn2)c1. The number of hydrogen-bond donors (Lipinski definition) is 2. The number of benzene rings is 1. The third kappa shape index (κ3) is 3.32. The van der Waals surface area contributed by atoms with Crippen molar-refractivity contribution >= 4 is 29.3 Å². The van der Waals surface area contributed by atoms with Gasteiger partial charge in [0.2, 0.25) is 0 Å². The summed E-state index contributed by atoms with van der Waals surface area (Å²) >= 11 is 1.01. The van der Waals surface area contributed by atoms with Gasteiger partial charge < -0.3 is 14.8 Å². The van der Waals surface area contributed by atoms with Crippen LogP contribution in [-0.2, 0) is 0 Å². The third-order valence-electron chi connectivity index (χ3n) is 2.26. The maximum Gasteiger partial charge on any atom is 0.325 e. The predicted octanol–water partition coefficient (Wildman–Crippen LogP) is 2.20. The van der Waals surface area contributed by atoms with Crippen molar-refractivity contribution in [2.75, 3.05) is 24.9 Å². The number of urea groups is 1. The highest BCUT2D eigenvalue weighted by Gasteiger charge is 2.10. The van der Waals surface area contributed by atoms with Gasteiger partial charge in [-0.15, -0.1) is 0 Å². The Bertz CT molecular complexity index is 559. The fourth-order valence-corrected chi connectivity index (χ4v) is 1.78. The number of carbonyl (C=O) groups is 1. The van der Waals surface area contributed by atoms with E-state index in [1.807, 2.05) is 0 Å². The van der Waals surface area contributed by atoms with Crippen LogP contribution >= 0.6 is 11.7 Å². The van der Waals surface area contributed by atoms with Crippen LogP contribution in [0.25, 0.3) is 0 Å². The quantitative estimate of drug-likeness (QED) is 0.896. The van der Waals surface area contributed by atoms with Gasteiger partial charge in [-0.1, -0.05) is 0 Å². The molecule has 1 heterocycles. The van der Waals surface area contributed by atoms with Crippen LogP contribution in [0, 0.1) is 0 Å². The maximum atomic E-state index is 11.8. The fraction of sp³-hybridized carbons (Fsp3) is 0.182. The minimum absolute atomic E-state index is 0.393. The monoisotopic (exact) mass is 280 g/mol. The van der Waals surface area contributed by atoms with Gasteiger partial charge in [-0.2, -0.15) is 8.75 Å². The lowest BCUT2D eigenvalue weighted by Gasteiger charge is -2.11. The lowest BCUT2D eigenvalue weighted by Crippen LogP contribution is -2.20. The van der Waals surface area contributed by atoms with Crippen LogP contribution in [0.2, 0.25) is 0 Å². The molecule has 0 saturated carbocycles. The summed E-state index contributed by atoms with van der Waals surface area (Å²) in [5.41, 5.74) is 0.502. The Balaban J connectivity index is 2.10. The first-order valence-corrected chi connectivity index (χ1v) is 6.03. The lowest BCUT2D eigenvalue weighted by molar-refractivity contribution is 0.262. The Morgan fingerprint density at radius 1 is 1.26 bits per heavy atom. The van der Waals surface area contributed by atoms with E-state index in [9.17, 15) is 4.79 Å². The Hall–Kier alpha value is -2.35. The summed E-state index contributed by atoms with van der Waals surface area (Å²) in [5.74, 6) is 1.54. The summed E-state index contributed by atoms with van der Waals surface area (Å²) in [5, 5.41) is 5.21. The molecule has 0 atom stereocenters. The van der Waals surface area contributed by atoms with Gasteiger partial charge >= 0.3 is 6.03 Å². The van der Waals surface area contributed by atoms with E-state index in [4.69, 9.17) is 9.47 Å². The zero-order chi connectivity index (χ0) is 13.7. The molecule has 100 valence electrons. The Morgan fingerprint density at radius 3 is 2.74 bits per heavy atom. The van der Waals surface area contributed by atoms with Gasteiger partial charge in [0, 0.05) is 6.07 Å². The summed E-state index contributed by atoms with van der Waals surface area (Å²) in [6.07, 6.45) is 1.47. The molecule has 0 aliphatic rings. The number of carbonyl (C=O) groups excluding carboxylic acids is 1. The van der Waals surface area contributed by atoms with Crippen molar-refractivity contribution in [2.24, 2.45) is 0 Å². The summed E-state index contributed by atoms with van der Waals surface area (Å²) in [6.45, 7) is 0. The van der Waals surface area contributed by atoms with Crippen molar-refractivity contribution in [1.82, 2.24) is 8.75 Å². The van der Waals surface area contributed by atoms with E-state index in [2.05, 4.69) is 19.4 Å². The molecule has 0 spiro atoms. The normalized spacial score (nSPS) is 9.79. The van der Waals surface area contributed by atoms with Crippen LogP contribution in [0.1, 0.15) is 0 Å². The van der Waals surface area contributed by atoms with Crippen LogP contribution < -0.4 is 20.1 Å². The van der Waals surface area contributed by atoms with Crippen LogP contribution in [0.4, 0.5) is 16.3 Å². The number of methoxy groups -OCH3 is 2. The average molecular weight is 280 g/mol. The average Bonchev–Trinajstić information content (AvgIpc) is 2.91. The summed E-state index contributed by atoms with van der Waals surface area (Å²) in [7, 11) is 3.07. The van der Waals surface area contributed by atoms with Crippen molar-refractivity contribution in [1.29, 1.82) is 0 Å². The molecule has 0 saturated heterocycles. The number of nitrogens with zero attached hydrogens (tertiary/aromatic N) is 2. The number of anilines is 2. The molecular formula is C11H12N4O3S. The third-order valence-corrected chi connectivity index (χ3v) is 2.74. The van der Waals surface area contributed by atoms with E-state index in [1.54, 1.807) is 25.3 Å². The number of aromatic nitrogens is 2. The molecule has 0 unspecified atom stereocenters. The van der Waals surface area contributed by atoms with Crippen molar-refractivity contribution in [3.63, 3.8) is 0 Å². The summed E-state index contributed by atoms with van der Waals surface area (Å²) < 4.78 is 17.9. The van der Waals surface area contributed by atoms with E-state index < -0.39 is 6.03 Å².